The van der Waals surface area contributed by atoms with Gasteiger partial charge in [-0.1, -0.05) is 12.8 Å². The van der Waals surface area contributed by atoms with Crippen LogP contribution in [-0.2, 0) is 17.6 Å². The Morgan fingerprint density at radius 3 is 2.73 bits per heavy atom. The molecule has 1 aliphatic carbocycles. The molecule has 1 aliphatic rings. The summed E-state index contributed by atoms with van der Waals surface area (Å²) in [5.74, 6) is -0.188. The molecule has 3 heteroatoms. The van der Waals surface area contributed by atoms with Crippen LogP contribution in [0.1, 0.15) is 45.8 Å². The highest BCUT2D eigenvalue weighted by Gasteiger charge is 2.15. The van der Waals surface area contributed by atoms with E-state index >= 15 is 0 Å². The fourth-order valence-electron chi connectivity index (χ4n) is 2.05. The quantitative estimate of drug-likeness (QED) is 0.685. The third kappa shape index (κ3) is 2.40. The molecule has 1 heterocycles. The summed E-state index contributed by atoms with van der Waals surface area (Å²) in [4.78, 5) is 13.6. The zero-order chi connectivity index (χ0) is 10.7. The number of esters is 1. The lowest BCUT2D eigenvalue weighted by Crippen LogP contribution is -1.97. The number of fused-ring (bicyclic) bond motifs is 1. The molecular formula is C12H16O2S. The first-order chi connectivity index (χ1) is 7.31. The average Bonchev–Trinajstić information content (AvgIpc) is 2.60. The first-order valence-corrected chi connectivity index (χ1v) is 6.33. The Bertz CT molecular complexity index is 329. The van der Waals surface area contributed by atoms with Gasteiger partial charge < -0.3 is 4.74 Å². The Hall–Kier alpha value is -0.830. The summed E-state index contributed by atoms with van der Waals surface area (Å²) >= 11 is 1.62. The van der Waals surface area contributed by atoms with Crippen molar-refractivity contribution in [3.8, 4) is 0 Å². The van der Waals surface area contributed by atoms with Gasteiger partial charge in [-0.2, -0.15) is 0 Å². The number of methoxy groups -OCH3 is 1. The van der Waals surface area contributed by atoms with Gasteiger partial charge >= 0.3 is 5.97 Å². The topological polar surface area (TPSA) is 26.3 Å². The molecule has 1 aromatic heterocycles. The SMILES string of the molecule is COC(=O)c1cc2c(s1)CCCCCC2. The summed E-state index contributed by atoms with van der Waals surface area (Å²) in [5.41, 5.74) is 1.38. The summed E-state index contributed by atoms with van der Waals surface area (Å²) in [5, 5.41) is 0. The van der Waals surface area contributed by atoms with E-state index in [-0.39, 0.29) is 5.97 Å². The Morgan fingerprint density at radius 2 is 2.00 bits per heavy atom. The molecule has 2 nitrogen and oxygen atoms in total. The van der Waals surface area contributed by atoms with Crippen LogP contribution >= 0.6 is 11.3 Å². The molecule has 82 valence electrons. The maximum atomic E-state index is 11.4. The fraction of sp³-hybridized carbons (Fsp3) is 0.583. The number of aryl methyl sites for hydroxylation is 2. The van der Waals surface area contributed by atoms with E-state index < -0.39 is 0 Å². The van der Waals surface area contributed by atoms with Crippen LogP contribution in [-0.4, -0.2) is 13.1 Å². The summed E-state index contributed by atoms with van der Waals surface area (Å²) < 4.78 is 4.75. The van der Waals surface area contributed by atoms with Gasteiger partial charge in [-0.05, 0) is 37.3 Å². The summed E-state index contributed by atoms with van der Waals surface area (Å²) in [6.07, 6.45) is 7.42. The van der Waals surface area contributed by atoms with Gasteiger partial charge in [0, 0.05) is 4.88 Å². The maximum Gasteiger partial charge on any atom is 0.348 e. The summed E-state index contributed by atoms with van der Waals surface area (Å²) in [6, 6.07) is 2.02. The van der Waals surface area contributed by atoms with Crippen LogP contribution in [0, 0.1) is 0 Å². The minimum absolute atomic E-state index is 0.188. The van der Waals surface area contributed by atoms with Crippen LogP contribution in [0.15, 0.2) is 6.07 Å². The number of hydrogen-bond donors (Lipinski definition) is 0. The molecule has 0 spiro atoms. The van der Waals surface area contributed by atoms with Gasteiger partial charge in [0.05, 0.1) is 7.11 Å². The molecule has 0 amide bonds. The van der Waals surface area contributed by atoms with Crippen LogP contribution < -0.4 is 0 Å². The second-order valence-electron chi connectivity index (χ2n) is 3.96. The molecule has 0 saturated carbocycles. The Balaban J connectivity index is 2.23. The predicted octanol–water partition coefficient (Wildman–Crippen LogP) is 3.19. The molecule has 0 aromatic carbocycles. The second kappa shape index (κ2) is 4.79. The molecule has 0 unspecified atom stereocenters. The normalized spacial score (nSPS) is 16.3. The van der Waals surface area contributed by atoms with E-state index in [1.807, 2.05) is 6.07 Å². The first-order valence-electron chi connectivity index (χ1n) is 5.51. The predicted molar refractivity (Wildman–Crippen MR) is 61.5 cm³/mol. The van der Waals surface area contributed by atoms with Gasteiger partial charge in [0.15, 0.2) is 0 Å². The molecule has 0 N–H and O–H groups in total. The van der Waals surface area contributed by atoms with Crippen LogP contribution in [0.25, 0.3) is 0 Å². The standard InChI is InChI=1S/C12H16O2S/c1-14-12(13)11-8-9-6-4-2-3-5-7-10(9)15-11/h8H,2-7H2,1H3. The van der Waals surface area contributed by atoms with Crippen molar-refractivity contribution in [2.45, 2.75) is 38.5 Å². The van der Waals surface area contributed by atoms with E-state index in [0.717, 1.165) is 17.7 Å². The Morgan fingerprint density at radius 1 is 1.27 bits per heavy atom. The van der Waals surface area contributed by atoms with Crippen molar-refractivity contribution in [3.05, 3.63) is 21.4 Å². The van der Waals surface area contributed by atoms with E-state index in [1.54, 1.807) is 11.3 Å². The van der Waals surface area contributed by atoms with Crippen LogP contribution in [0.5, 0.6) is 0 Å². The zero-order valence-corrected chi connectivity index (χ0v) is 9.86. The first kappa shape index (κ1) is 10.7. The van der Waals surface area contributed by atoms with Crippen molar-refractivity contribution in [3.63, 3.8) is 0 Å². The van der Waals surface area contributed by atoms with Gasteiger partial charge in [0.2, 0.25) is 0 Å². The lowest BCUT2D eigenvalue weighted by atomic mass is 10.00. The van der Waals surface area contributed by atoms with Gasteiger partial charge in [-0.3, -0.25) is 0 Å². The monoisotopic (exact) mass is 224 g/mol. The number of thiophene rings is 1. The number of carbonyl (C=O) groups is 1. The largest absolute Gasteiger partial charge is 0.465 e. The number of rotatable bonds is 1. The minimum atomic E-state index is -0.188. The van der Waals surface area contributed by atoms with Crippen LogP contribution in [0.3, 0.4) is 0 Å². The van der Waals surface area contributed by atoms with E-state index in [1.165, 1.54) is 43.2 Å². The molecule has 0 atom stereocenters. The van der Waals surface area contributed by atoms with E-state index in [4.69, 9.17) is 4.74 Å². The molecule has 15 heavy (non-hydrogen) atoms. The number of ether oxygens (including phenoxy) is 1. The van der Waals surface area contributed by atoms with E-state index in [9.17, 15) is 4.79 Å². The molecule has 2 rings (SSSR count). The average molecular weight is 224 g/mol. The third-order valence-corrected chi connectivity index (χ3v) is 4.10. The van der Waals surface area contributed by atoms with Crippen molar-refractivity contribution >= 4 is 17.3 Å². The molecule has 0 fully saturated rings. The molecule has 0 radical (unpaired) electrons. The van der Waals surface area contributed by atoms with Gasteiger partial charge in [-0.25, -0.2) is 4.79 Å². The van der Waals surface area contributed by atoms with Gasteiger partial charge in [0.25, 0.3) is 0 Å². The van der Waals surface area contributed by atoms with E-state index in [0.29, 0.717) is 0 Å². The van der Waals surface area contributed by atoms with Crippen molar-refractivity contribution < 1.29 is 9.53 Å². The summed E-state index contributed by atoms with van der Waals surface area (Å²) in [6.45, 7) is 0. The van der Waals surface area contributed by atoms with Crippen molar-refractivity contribution in [2.24, 2.45) is 0 Å². The number of hydrogen-bond acceptors (Lipinski definition) is 3. The Labute approximate surface area is 94.3 Å². The highest BCUT2D eigenvalue weighted by Crippen LogP contribution is 2.28. The maximum absolute atomic E-state index is 11.4. The second-order valence-corrected chi connectivity index (χ2v) is 5.10. The van der Waals surface area contributed by atoms with Crippen molar-refractivity contribution in [1.82, 2.24) is 0 Å². The van der Waals surface area contributed by atoms with E-state index in [2.05, 4.69) is 0 Å². The molecule has 0 aliphatic heterocycles. The van der Waals surface area contributed by atoms with Crippen LogP contribution in [0.4, 0.5) is 0 Å². The third-order valence-electron chi connectivity index (χ3n) is 2.88. The van der Waals surface area contributed by atoms with Crippen molar-refractivity contribution in [1.29, 1.82) is 0 Å². The molecule has 0 bridgehead atoms. The lowest BCUT2D eigenvalue weighted by molar-refractivity contribution is 0.0606. The Kier molecular flexibility index (Phi) is 3.41. The van der Waals surface area contributed by atoms with Gasteiger partial charge in [0.1, 0.15) is 4.88 Å². The lowest BCUT2D eigenvalue weighted by Gasteiger charge is -2.07. The zero-order valence-electron chi connectivity index (χ0n) is 9.04. The highest BCUT2D eigenvalue weighted by molar-refractivity contribution is 7.14. The molecule has 0 saturated heterocycles. The minimum Gasteiger partial charge on any atom is -0.465 e. The van der Waals surface area contributed by atoms with Gasteiger partial charge in [-0.15, -0.1) is 11.3 Å². The summed E-state index contributed by atoms with van der Waals surface area (Å²) in [7, 11) is 1.44. The van der Waals surface area contributed by atoms with Crippen molar-refractivity contribution in [2.75, 3.05) is 7.11 Å². The smallest absolute Gasteiger partial charge is 0.348 e. The molecule has 1 aromatic rings. The number of carbonyl (C=O) groups excluding carboxylic acids is 1. The highest BCUT2D eigenvalue weighted by atomic mass is 32.1. The fourth-order valence-corrected chi connectivity index (χ4v) is 3.22. The van der Waals surface area contributed by atoms with Crippen LogP contribution in [0.2, 0.25) is 0 Å². The molecular weight excluding hydrogens is 208 g/mol.